The molecule has 136 valence electrons. The number of carbonyl (C=O) groups excluding carboxylic acids is 2. The molecule has 2 N–H and O–H groups in total. The molecule has 1 saturated heterocycles. The number of hydrogen-bond acceptors (Lipinski definition) is 4. The van der Waals surface area contributed by atoms with Crippen molar-refractivity contribution < 1.29 is 9.59 Å². The lowest BCUT2D eigenvalue weighted by atomic mass is 10.2. The molecule has 2 amide bonds. The quantitative estimate of drug-likeness (QED) is 0.804. The zero-order valence-corrected chi connectivity index (χ0v) is 15.3. The molecule has 1 heterocycles. The minimum absolute atomic E-state index is 0.0257. The number of nitrogens with one attached hydrogen (secondary N) is 2. The molecular weight excluding hydrogens is 340 g/mol. The second-order valence-electron chi connectivity index (χ2n) is 6.83. The third-order valence-corrected chi connectivity index (χ3v) is 5.01. The van der Waals surface area contributed by atoms with Gasteiger partial charge in [-0.25, -0.2) is 0 Å². The molecule has 25 heavy (non-hydrogen) atoms. The van der Waals surface area contributed by atoms with Crippen molar-refractivity contribution in [3.8, 4) is 0 Å². The second kappa shape index (κ2) is 8.17. The fourth-order valence-electron chi connectivity index (χ4n) is 2.96. The van der Waals surface area contributed by atoms with Gasteiger partial charge in [-0.3, -0.25) is 19.4 Å². The number of piperazine rings is 1. The summed E-state index contributed by atoms with van der Waals surface area (Å²) in [7, 11) is 0. The first-order chi connectivity index (χ1) is 12.0. The maximum absolute atomic E-state index is 12.4. The van der Waals surface area contributed by atoms with Gasteiger partial charge in [-0.05, 0) is 44.0 Å². The van der Waals surface area contributed by atoms with Crippen molar-refractivity contribution in [2.75, 3.05) is 38.0 Å². The molecule has 1 atom stereocenters. The number of amides is 2. The van der Waals surface area contributed by atoms with E-state index in [2.05, 4.69) is 20.4 Å². The van der Waals surface area contributed by atoms with E-state index in [1.165, 1.54) is 0 Å². The van der Waals surface area contributed by atoms with E-state index >= 15 is 0 Å². The zero-order chi connectivity index (χ0) is 17.8. The predicted octanol–water partition coefficient (Wildman–Crippen LogP) is 1.56. The van der Waals surface area contributed by atoms with Gasteiger partial charge in [-0.2, -0.15) is 0 Å². The van der Waals surface area contributed by atoms with Crippen molar-refractivity contribution >= 4 is 29.1 Å². The average Bonchev–Trinajstić information content (AvgIpc) is 3.40. The lowest BCUT2D eigenvalue weighted by Crippen LogP contribution is -2.54. The number of hydrogen-bond donors (Lipinski definition) is 2. The van der Waals surface area contributed by atoms with Crippen molar-refractivity contribution in [2.45, 2.75) is 31.8 Å². The number of anilines is 1. The molecule has 1 aromatic carbocycles. The van der Waals surface area contributed by atoms with E-state index in [9.17, 15) is 9.59 Å². The molecule has 3 rings (SSSR count). The Bertz CT molecular complexity index is 610. The number of nitrogens with zero attached hydrogens (tertiary/aromatic N) is 2. The van der Waals surface area contributed by atoms with Crippen LogP contribution in [0.15, 0.2) is 24.3 Å². The normalized spacial score (nSPS) is 20.1. The molecule has 1 aliphatic heterocycles. The first-order valence-corrected chi connectivity index (χ1v) is 9.21. The third-order valence-electron chi connectivity index (χ3n) is 4.76. The highest BCUT2D eigenvalue weighted by Crippen LogP contribution is 2.18. The van der Waals surface area contributed by atoms with E-state index in [0.29, 0.717) is 17.6 Å². The summed E-state index contributed by atoms with van der Waals surface area (Å²) in [6, 6.07) is 7.30. The number of rotatable bonds is 6. The maximum atomic E-state index is 12.4. The molecule has 2 fully saturated rings. The highest BCUT2D eigenvalue weighted by atomic mass is 35.5. The molecule has 0 bridgehead atoms. The van der Waals surface area contributed by atoms with Gasteiger partial charge in [0.25, 0.3) is 0 Å². The highest BCUT2D eigenvalue weighted by molar-refractivity contribution is 6.30. The standard InChI is InChI=1S/C18H25ClN4O2/c1-13(18(25)21-16-4-2-14(19)3-5-16)23-10-8-22(9-11-23)12-17(24)20-15-6-7-15/h2-5,13,15H,6-12H2,1H3,(H,20,24)(H,21,25). The van der Waals surface area contributed by atoms with Gasteiger partial charge in [-0.15, -0.1) is 0 Å². The van der Waals surface area contributed by atoms with Gasteiger partial charge < -0.3 is 10.6 Å². The molecule has 2 aliphatic rings. The van der Waals surface area contributed by atoms with Crippen LogP contribution >= 0.6 is 11.6 Å². The molecule has 0 radical (unpaired) electrons. The van der Waals surface area contributed by atoms with Crippen LogP contribution < -0.4 is 10.6 Å². The summed E-state index contributed by atoms with van der Waals surface area (Å²) in [6.45, 7) is 5.54. The van der Waals surface area contributed by atoms with Gasteiger partial charge in [-0.1, -0.05) is 11.6 Å². The Kier molecular flexibility index (Phi) is 5.93. The zero-order valence-electron chi connectivity index (χ0n) is 14.5. The van der Waals surface area contributed by atoms with Gasteiger partial charge in [0.05, 0.1) is 12.6 Å². The molecule has 0 spiro atoms. The van der Waals surface area contributed by atoms with Crippen molar-refractivity contribution in [2.24, 2.45) is 0 Å². The van der Waals surface area contributed by atoms with E-state index in [-0.39, 0.29) is 17.9 Å². The van der Waals surface area contributed by atoms with Crippen molar-refractivity contribution in [1.82, 2.24) is 15.1 Å². The summed E-state index contributed by atoms with van der Waals surface area (Å²) in [5, 5.41) is 6.58. The van der Waals surface area contributed by atoms with Gasteiger partial charge in [0.15, 0.2) is 0 Å². The largest absolute Gasteiger partial charge is 0.352 e. The van der Waals surface area contributed by atoms with Gasteiger partial charge in [0.1, 0.15) is 0 Å². The predicted molar refractivity (Wildman–Crippen MR) is 98.7 cm³/mol. The van der Waals surface area contributed by atoms with Crippen LogP contribution in [0, 0.1) is 0 Å². The minimum Gasteiger partial charge on any atom is -0.352 e. The summed E-state index contributed by atoms with van der Waals surface area (Å²) < 4.78 is 0. The average molecular weight is 365 g/mol. The Morgan fingerprint density at radius 2 is 1.80 bits per heavy atom. The maximum Gasteiger partial charge on any atom is 0.241 e. The van der Waals surface area contributed by atoms with E-state index in [1.807, 2.05) is 6.92 Å². The second-order valence-corrected chi connectivity index (χ2v) is 7.26. The van der Waals surface area contributed by atoms with Crippen LogP contribution in [-0.4, -0.2) is 66.4 Å². The monoisotopic (exact) mass is 364 g/mol. The Labute approximate surface area is 153 Å². The molecular formula is C18H25ClN4O2. The Balaban J connectivity index is 1.42. The SMILES string of the molecule is CC(C(=O)Nc1ccc(Cl)cc1)N1CCN(CC(=O)NC2CC2)CC1. The van der Waals surface area contributed by atoms with Gasteiger partial charge in [0, 0.05) is 42.9 Å². The third kappa shape index (κ3) is 5.42. The summed E-state index contributed by atoms with van der Waals surface area (Å²) in [6.07, 6.45) is 2.22. The molecule has 1 unspecified atom stereocenters. The van der Waals surface area contributed by atoms with Crippen LogP contribution in [0.5, 0.6) is 0 Å². The topological polar surface area (TPSA) is 64.7 Å². The smallest absolute Gasteiger partial charge is 0.241 e. The van der Waals surface area contributed by atoms with Crippen LogP contribution in [0.1, 0.15) is 19.8 Å². The van der Waals surface area contributed by atoms with Gasteiger partial charge in [0.2, 0.25) is 11.8 Å². The molecule has 1 aromatic rings. The summed E-state index contributed by atoms with van der Waals surface area (Å²) in [5.41, 5.74) is 0.747. The van der Waals surface area contributed by atoms with Crippen molar-refractivity contribution in [3.63, 3.8) is 0 Å². The first kappa shape index (κ1) is 18.2. The Hall–Kier alpha value is -1.63. The summed E-state index contributed by atoms with van der Waals surface area (Å²) in [4.78, 5) is 28.6. The molecule has 7 heteroatoms. The molecule has 1 aliphatic carbocycles. The Morgan fingerprint density at radius 3 is 2.40 bits per heavy atom. The minimum atomic E-state index is -0.210. The molecule has 6 nitrogen and oxygen atoms in total. The van der Waals surface area contributed by atoms with Crippen LogP contribution in [0.3, 0.4) is 0 Å². The van der Waals surface area contributed by atoms with Crippen molar-refractivity contribution in [1.29, 1.82) is 0 Å². The fourth-order valence-corrected chi connectivity index (χ4v) is 3.08. The van der Waals surface area contributed by atoms with E-state index < -0.39 is 0 Å². The number of benzene rings is 1. The fraction of sp³-hybridized carbons (Fsp3) is 0.556. The van der Waals surface area contributed by atoms with E-state index in [0.717, 1.165) is 44.7 Å². The van der Waals surface area contributed by atoms with Gasteiger partial charge >= 0.3 is 0 Å². The first-order valence-electron chi connectivity index (χ1n) is 8.83. The lowest BCUT2D eigenvalue weighted by Gasteiger charge is -2.37. The summed E-state index contributed by atoms with van der Waals surface area (Å²) in [5.74, 6) is 0.0896. The van der Waals surface area contributed by atoms with Crippen molar-refractivity contribution in [3.05, 3.63) is 29.3 Å². The van der Waals surface area contributed by atoms with Crippen LogP contribution in [0.4, 0.5) is 5.69 Å². The number of halogens is 1. The molecule has 1 saturated carbocycles. The lowest BCUT2D eigenvalue weighted by molar-refractivity contribution is -0.124. The number of carbonyl (C=O) groups is 2. The Morgan fingerprint density at radius 1 is 1.16 bits per heavy atom. The van der Waals surface area contributed by atoms with E-state index in [4.69, 9.17) is 11.6 Å². The highest BCUT2D eigenvalue weighted by Gasteiger charge is 2.28. The summed E-state index contributed by atoms with van der Waals surface area (Å²) >= 11 is 5.86. The van der Waals surface area contributed by atoms with Crippen LogP contribution in [-0.2, 0) is 9.59 Å². The molecule has 0 aromatic heterocycles. The van der Waals surface area contributed by atoms with Crippen LogP contribution in [0.2, 0.25) is 5.02 Å². The van der Waals surface area contributed by atoms with Crippen LogP contribution in [0.25, 0.3) is 0 Å². The van der Waals surface area contributed by atoms with E-state index in [1.54, 1.807) is 24.3 Å².